The summed E-state index contributed by atoms with van der Waals surface area (Å²) in [5.41, 5.74) is 3.00. The molecule has 2 heterocycles. The molecular formula is C55H14N2O. The number of H-pyrrole nitrogens is 1. The smallest absolute Gasteiger partial charge is 0.136 e. The van der Waals surface area contributed by atoms with Crippen molar-refractivity contribution in [3.63, 3.8) is 0 Å². The van der Waals surface area contributed by atoms with Gasteiger partial charge in [0.2, 0.25) is 0 Å². The van der Waals surface area contributed by atoms with E-state index in [2.05, 4.69) is 259 Å². The van der Waals surface area contributed by atoms with Gasteiger partial charge in [0.25, 0.3) is 0 Å². The number of rotatable bonds is 1. The molecule has 0 amide bonds. The lowest BCUT2D eigenvalue weighted by Gasteiger charge is -1.96. The number of aromatic nitrogens is 2. The van der Waals surface area contributed by atoms with Crippen molar-refractivity contribution in [2.75, 3.05) is 0 Å². The van der Waals surface area contributed by atoms with E-state index in [1.807, 2.05) is 30.3 Å². The highest BCUT2D eigenvalue weighted by Gasteiger charge is 2.06. The molecule has 0 bridgehead atoms. The number of nitrogens with zero attached hydrogens (tertiary/aromatic N) is 1. The maximum atomic E-state index is 5.34. The maximum absolute atomic E-state index is 5.34. The molecule has 3 heteroatoms. The number of aromatic amines is 1. The monoisotopic (exact) mass is 718 g/mol. The predicted molar refractivity (Wildman–Crippen MR) is 228 cm³/mol. The molecule has 0 aliphatic rings. The fourth-order valence-electron chi connectivity index (χ4n) is 2.91. The van der Waals surface area contributed by atoms with Crippen LogP contribution < -0.4 is 0 Å². The van der Waals surface area contributed by atoms with Crippen LogP contribution in [0.4, 0.5) is 0 Å². The van der Waals surface area contributed by atoms with Gasteiger partial charge in [0, 0.05) is 148 Å². The molecule has 250 valence electrons. The molecule has 3 rings (SSSR count). The van der Waals surface area contributed by atoms with E-state index in [9.17, 15) is 0 Å². The van der Waals surface area contributed by atoms with Crippen molar-refractivity contribution >= 4 is 11.0 Å². The van der Waals surface area contributed by atoms with Gasteiger partial charge < -0.3 is 9.40 Å². The highest BCUT2D eigenvalue weighted by Crippen LogP contribution is 2.26. The summed E-state index contributed by atoms with van der Waals surface area (Å²) in [7, 11) is 0. The molecular weight excluding hydrogens is 705 g/mol. The first-order chi connectivity index (χ1) is 28.9. The molecule has 0 fully saturated rings. The normalized spacial score (nSPS) is 5.62. The van der Waals surface area contributed by atoms with E-state index in [1.54, 1.807) is 26.4 Å². The number of imidazole rings is 1. The summed E-state index contributed by atoms with van der Waals surface area (Å²) < 4.78 is 5.34. The van der Waals surface area contributed by atoms with Gasteiger partial charge in [-0.1, -0.05) is 17.9 Å². The van der Waals surface area contributed by atoms with Crippen molar-refractivity contribution in [2.45, 2.75) is 13.8 Å². The second-order valence-electron chi connectivity index (χ2n) is 8.58. The van der Waals surface area contributed by atoms with Gasteiger partial charge in [-0.3, -0.25) is 0 Å². The third-order valence-electron chi connectivity index (χ3n) is 4.92. The van der Waals surface area contributed by atoms with Crippen molar-refractivity contribution in [3.8, 4) is 260 Å². The zero-order chi connectivity index (χ0) is 41.1. The largest absolute Gasteiger partial charge is 0.464 e. The van der Waals surface area contributed by atoms with Crippen LogP contribution in [0, 0.1) is 249 Å². The summed E-state index contributed by atoms with van der Waals surface area (Å²) in [6.45, 7) is 3.38. The van der Waals surface area contributed by atoms with Crippen LogP contribution in [0.15, 0.2) is 47.3 Å². The minimum absolute atomic E-state index is 0.850. The molecule has 0 aliphatic carbocycles. The van der Waals surface area contributed by atoms with Crippen LogP contribution in [0.25, 0.3) is 22.4 Å². The molecule has 0 spiro atoms. The predicted octanol–water partition coefficient (Wildman–Crippen LogP) is 3.92. The number of furan rings is 1. The van der Waals surface area contributed by atoms with Gasteiger partial charge in [0.05, 0.1) is 23.6 Å². The first-order valence-corrected chi connectivity index (χ1v) is 15.7. The van der Waals surface area contributed by atoms with E-state index in [1.165, 1.54) is 0 Å². The number of hydrogen-bond acceptors (Lipinski definition) is 2. The number of benzene rings is 1. The van der Waals surface area contributed by atoms with Crippen LogP contribution in [0.2, 0.25) is 0 Å². The fraction of sp³-hybridized carbons (Fsp3) is 0.0364. The third kappa shape index (κ3) is 23.2. The summed E-state index contributed by atoms with van der Waals surface area (Å²) in [6, 6.07) is 9.79. The number of para-hydroxylation sites is 1. The van der Waals surface area contributed by atoms with Gasteiger partial charge in [-0.05, 0) is 133 Å². The van der Waals surface area contributed by atoms with E-state index in [-0.39, 0.29) is 0 Å². The highest BCUT2D eigenvalue weighted by molar-refractivity contribution is 5.90. The molecule has 0 aliphatic heterocycles. The Morgan fingerprint density at radius 2 is 0.655 bits per heavy atom. The van der Waals surface area contributed by atoms with Crippen LogP contribution in [-0.4, -0.2) is 9.97 Å². The topological polar surface area (TPSA) is 41.8 Å². The zero-order valence-electron chi connectivity index (χ0n) is 30.4. The van der Waals surface area contributed by atoms with Gasteiger partial charge in [0.15, 0.2) is 0 Å². The molecule has 0 saturated heterocycles. The Labute approximate surface area is 340 Å². The molecule has 0 atom stereocenters. The van der Waals surface area contributed by atoms with Gasteiger partial charge in [-0.25, -0.2) is 4.98 Å². The lowest BCUT2D eigenvalue weighted by atomic mass is 10.1. The summed E-state index contributed by atoms with van der Waals surface area (Å²) >= 11 is 0. The Balaban J connectivity index is 0.000000676. The molecule has 0 unspecified atom stereocenters. The van der Waals surface area contributed by atoms with E-state index in [4.69, 9.17) is 4.42 Å². The van der Waals surface area contributed by atoms with Crippen LogP contribution in [-0.2, 0) is 0 Å². The number of nitrogens with one attached hydrogen (secondary N) is 1. The molecule has 3 aromatic rings. The lowest BCUT2D eigenvalue weighted by molar-refractivity contribution is 0.583. The number of fused-ring (bicyclic) bond motifs is 1. The Morgan fingerprint density at radius 3 is 0.914 bits per heavy atom. The minimum Gasteiger partial charge on any atom is -0.464 e. The second-order valence-corrected chi connectivity index (χ2v) is 8.58. The van der Waals surface area contributed by atoms with Crippen molar-refractivity contribution in [2.24, 2.45) is 0 Å². The van der Waals surface area contributed by atoms with Crippen LogP contribution in [0.1, 0.15) is 13.8 Å². The van der Waals surface area contributed by atoms with Gasteiger partial charge in [-0.15, -0.1) is 0 Å². The second kappa shape index (κ2) is 32.9. The van der Waals surface area contributed by atoms with Crippen molar-refractivity contribution in [3.05, 3.63) is 42.9 Å². The van der Waals surface area contributed by atoms with E-state index < -0.39 is 0 Å². The van der Waals surface area contributed by atoms with E-state index >= 15 is 0 Å². The Kier molecular flexibility index (Phi) is 24.3. The summed E-state index contributed by atoms with van der Waals surface area (Å²) in [4.78, 5) is 7.33. The molecule has 2 aromatic heterocycles. The first-order valence-electron chi connectivity index (χ1n) is 15.7. The third-order valence-corrected chi connectivity index (χ3v) is 4.92. The molecule has 1 aromatic carbocycles. The summed E-state index contributed by atoms with van der Waals surface area (Å²) in [6.07, 6.45) is 3.36. The molecule has 1 N–H and O–H groups in total. The summed E-state index contributed by atoms with van der Waals surface area (Å²) in [5, 5.41) is 0. The molecule has 0 radical (unpaired) electrons. The molecule has 3 nitrogen and oxygen atoms in total. The first kappa shape index (κ1) is 42.9. The minimum atomic E-state index is 0.850. The van der Waals surface area contributed by atoms with Gasteiger partial charge in [-0.2, -0.15) is 0 Å². The maximum Gasteiger partial charge on any atom is 0.136 e. The lowest BCUT2D eigenvalue weighted by Crippen LogP contribution is -1.76. The fourth-order valence-corrected chi connectivity index (χ4v) is 2.91. The average Bonchev–Trinajstić information content (AvgIpc) is 3.97. The van der Waals surface area contributed by atoms with Crippen molar-refractivity contribution < 1.29 is 4.42 Å². The highest BCUT2D eigenvalue weighted by atomic mass is 16.3. The quantitative estimate of drug-likeness (QED) is 0.388. The Hall–Kier alpha value is -11.3. The van der Waals surface area contributed by atoms with Crippen LogP contribution >= 0.6 is 0 Å². The van der Waals surface area contributed by atoms with Crippen molar-refractivity contribution in [1.29, 1.82) is 0 Å². The van der Waals surface area contributed by atoms with E-state index in [0.717, 1.165) is 22.4 Å². The van der Waals surface area contributed by atoms with E-state index in [0.29, 0.717) is 0 Å². The average molecular weight is 719 g/mol. The van der Waals surface area contributed by atoms with Crippen molar-refractivity contribution in [1.82, 2.24) is 9.97 Å². The van der Waals surface area contributed by atoms with Gasteiger partial charge in [0.1, 0.15) is 5.76 Å². The van der Waals surface area contributed by atoms with Gasteiger partial charge >= 0.3 is 0 Å². The summed E-state index contributed by atoms with van der Waals surface area (Å²) in [5.74, 6) is 106. The SMILES string of the molecule is CC#CC#CC#CC#CC#CC#CC#CC#CC#CC#CC#CC#CC#CC#CC#CC#CC#CC#CC#CC#CC#CC.c1coc(-c2cccc3[nH]cnc23)c1. The van der Waals surface area contributed by atoms with Crippen LogP contribution in [0.3, 0.4) is 0 Å². The Bertz CT molecular complexity index is 3290. The zero-order valence-corrected chi connectivity index (χ0v) is 30.4. The molecule has 58 heavy (non-hydrogen) atoms. The Morgan fingerprint density at radius 1 is 0.362 bits per heavy atom. The molecule has 0 saturated carbocycles. The number of hydrogen-bond donors (Lipinski definition) is 1. The standard InChI is InChI=1S/C44H6.C11H8N2O/c1-3-5-7-9-11-13-15-17-19-21-23-25-27-29-31-33-35-37-39-41-43-44-42-40-38-36-34-32-30-28-26-24-22-20-18-16-14-12-10-8-6-4-2;1-3-8(10-5-2-6-14-10)11-9(4-1)12-7-13-11/h1-2H3;1-7H,(H,12,13). The van der Waals surface area contributed by atoms with Crippen LogP contribution in [0.5, 0.6) is 0 Å².